The highest BCUT2D eigenvalue weighted by Crippen LogP contribution is 2.29. The minimum Gasteiger partial charge on any atom is -0.348 e. The Morgan fingerprint density at radius 3 is 2.53 bits per heavy atom. The molecule has 2 aromatic rings. The maximum Gasteiger partial charge on any atom is 0.272 e. The van der Waals surface area contributed by atoms with Gasteiger partial charge >= 0.3 is 0 Å². The molecule has 5 heteroatoms. The molecule has 1 fully saturated rings. The summed E-state index contributed by atoms with van der Waals surface area (Å²) in [6.07, 6.45) is 6.35. The van der Waals surface area contributed by atoms with Crippen molar-refractivity contribution in [3.05, 3.63) is 41.7 Å². The summed E-state index contributed by atoms with van der Waals surface area (Å²) in [5.41, 5.74) is 2.76. The molecule has 1 saturated carbocycles. The molecule has 1 atom stereocenters. The minimum atomic E-state index is -0.00889. The monoisotopic (exact) mass is 408 g/mol. The molecule has 2 aliphatic rings. The van der Waals surface area contributed by atoms with Gasteiger partial charge in [-0.2, -0.15) is 0 Å². The Hall–Kier alpha value is -2.14. The number of carbonyl (C=O) groups excluding carboxylic acids is 1. The summed E-state index contributed by atoms with van der Waals surface area (Å²) in [6.45, 7) is 10.4. The molecule has 0 saturated heterocycles. The second kappa shape index (κ2) is 9.34. The van der Waals surface area contributed by atoms with Gasteiger partial charge in [-0.15, -0.1) is 0 Å². The zero-order valence-electron chi connectivity index (χ0n) is 18.7. The lowest BCUT2D eigenvalue weighted by molar-refractivity contribution is 0.0910. The SMILES string of the molecule is CC(C)CN1CCn2c(-c3ccccc3)nc(C(=O)N[C@H](C)C3CCCCC3)c2C1. The van der Waals surface area contributed by atoms with E-state index in [1.165, 1.54) is 32.1 Å². The van der Waals surface area contributed by atoms with Crippen LogP contribution >= 0.6 is 0 Å². The highest BCUT2D eigenvalue weighted by atomic mass is 16.2. The average Bonchev–Trinajstić information content (AvgIpc) is 3.13. The Morgan fingerprint density at radius 2 is 1.83 bits per heavy atom. The van der Waals surface area contributed by atoms with Gasteiger partial charge in [-0.3, -0.25) is 9.69 Å². The van der Waals surface area contributed by atoms with E-state index in [1.807, 2.05) is 18.2 Å². The van der Waals surface area contributed by atoms with Crippen molar-refractivity contribution in [3.63, 3.8) is 0 Å². The van der Waals surface area contributed by atoms with Gasteiger partial charge in [0.05, 0.1) is 5.69 Å². The Kier molecular flexibility index (Phi) is 6.57. The van der Waals surface area contributed by atoms with E-state index in [9.17, 15) is 4.79 Å². The third-order valence-electron chi connectivity index (χ3n) is 6.67. The number of benzene rings is 1. The molecule has 1 aliphatic heterocycles. The predicted molar refractivity (Wildman–Crippen MR) is 121 cm³/mol. The van der Waals surface area contributed by atoms with E-state index in [2.05, 4.69) is 47.7 Å². The van der Waals surface area contributed by atoms with Crippen molar-refractivity contribution in [2.75, 3.05) is 13.1 Å². The van der Waals surface area contributed by atoms with Crippen LogP contribution < -0.4 is 5.32 Å². The normalized spacial score (nSPS) is 18.9. The van der Waals surface area contributed by atoms with E-state index in [4.69, 9.17) is 4.98 Å². The first-order chi connectivity index (χ1) is 14.5. The van der Waals surface area contributed by atoms with Crippen molar-refractivity contribution in [1.29, 1.82) is 0 Å². The number of rotatable bonds is 6. The van der Waals surface area contributed by atoms with E-state index in [1.54, 1.807) is 0 Å². The molecule has 1 aromatic carbocycles. The Balaban J connectivity index is 1.61. The second-order valence-corrected chi connectivity index (χ2v) is 9.54. The number of nitrogens with zero attached hydrogens (tertiary/aromatic N) is 3. The van der Waals surface area contributed by atoms with Gasteiger partial charge < -0.3 is 9.88 Å². The highest BCUT2D eigenvalue weighted by Gasteiger charge is 2.30. The molecule has 2 heterocycles. The van der Waals surface area contributed by atoms with Crippen molar-refractivity contribution >= 4 is 5.91 Å². The molecule has 1 N–H and O–H groups in total. The first-order valence-corrected chi connectivity index (χ1v) is 11.7. The number of nitrogens with one attached hydrogen (secondary N) is 1. The lowest BCUT2D eigenvalue weighted by atomic mass is 9.84. The van der Waals surface area contributed by atoms with Crippen molar-refractivity contribution in [1.82, 2.24) is 19.8 Å². The van der Waals surface area contributed by atoms with E-state index in [-0.39, 0.29) is 11.9 Å². The van der Waals surface area contributed by atoms with Crippen LogP contribution in [-0.2, 0) is 13.1 Å². The smallest absolute Gasteiger partial charge is 0.272 e. The third-order valence-corrected chi connectivity index (χ3v) is 6.67. The molecule has 0 radical (unpaired) electrons. The molecule has 0 spiro atoms. The number of hydrogen-bond donors (Lipinski definition) is 1. The van der Waals surface area contributed by atoms with Gasteiger partial charge in [-0.25, -0.2) is 4.98 Å². The maximum atomic E-state index is 13.3. The van der Waals surface area contributed by atoms with E-state index in [0.717, 1.165) is 43.3 Å². The van der Waals surface area contributed by atoms with Crippen LogP contribution in [0.25, 0.3) is 11.4 Å². The van der Waals surface area contributed by atoms with Crippen LogP contribution in [0.1, 0.15) is 69.1 Å². The van der Waals surface area contributed by atoms with Crippen LogP contribution in [0.15, 0.2) is 30.3 Å². The van der Waals surface area contributed by atoms with Gasteiger partial charge in [0.25, 0.3) is 5.91 Å². The van der Waals surface area contributed by atoms with Crippen molar-refractivity contribution in [2.24, 2.45) is 11.8 Å². The summed E-state index contributed by atoms with van der Waals surface area (Å²) in [5.74, 6) is 2.11. The number of aromatic nitrogens is 2. The number of fused-ring (bicyclic) bond motifs is 1. The maximum absolute atomic E-state index is 13.3. The van der Waals surface area contributed by atoms with Gasteiger partial charge in [0.2, 0.25) is 0 Å². The molecule has 0 unspecified atom stereocenters. The van der Waals surface area contributed by atoms with Crippen molar-refractivity contribution in [2.45, 2.75) is 72.0 Å². The fourth-order valence-corrected chi connectivity index (χ4v) is 5.11. The first-order valence-electron chi connectivity index (χ1n) is 11.7. The minimum absolute atomic E-state index is 0.00889. The summed E-state index contributed by atoms with van der Waals surface area (Å²) in [7, 11) is 0. The Bertz CT molecular complexity index is 852. The largest absolute Gasteiger partial charge is 0.348 e. The number of imidazole rings is 1. The quantitative estimate of drug-likeness (QED) is 0.752. The van der Waals surface area contributed by atoms with Gasteiger partial charge in [0.1, 0.15) is 5.82 Å². The number of amides is 1. The standard InChI is InChI=1S/C25H36N4O/c1-18(2)16-28-14-15-29-22(17-28)23(27-24(29)21-12-8-5-9-13-21)25(30)26-19(3)20-10-6-4-7-11-20/h5,8-9,12-13,18-20H,4,6-7,10-11,14-17H2,1-3H3,(H,26,30)/t19-/m1/s1. The fraction of sp³-hybridized carbons (Fsp3) is 0.600. The van der Waals surface area contributed by atoms with Crippen LogP contribution in [-0.4, -0.2) is 39.5 Å². The lowest BCUT2D eigenvalue weighted by Crippen LogP contribution is -2.41. The van der Waals surface area contributed by atoms with Crippen LogP contribution in [0.2, 0.25) is 0 Å². The predicted octanol–water partition coefficient (Wildman–Crippen LogP) is 4.72. The molecular formula is C25H36N4O. The average molecular weight is 409 g/mol. The van der Waals surface area contributed by atoms with E-state index in [0.29, 0.717) is 17.5 Å². The molecular weight excluding hydrogens is 372 g/mol. The van der Waals surface area contributed by atoms with Crippen molar-refractivity contribution < 1.29 is 4.79 Å². The topological polar surface area (TPSA) is 50.2 Å². The Labute approximate surface area is 180 Å². The molecule has 4 rings (SSSR count). The van der Waals surface area contributed by atoms with Gasteiger partial charge in [-0.05, 0) is 31.6 Å². The summed E-state index contributed by atoms with van der Waals surface area (Å²) in [4.78, 5) is 20.7. The summed E-state index contributed by atoms with van der Waals surface area (Å²) in [5, 5.41) is 3.30. The number of hydrogen-bond acceptors (Lipinski definition) is 3. The summed E-state index contributed by atoms with van der Waals surface area (Å²) in [6, 6.07) is 10.5. The zero-order chi connectivity index (χ0) is 21.1. The van der Waals surface area contributed by atoms with Crippen LogP contribution in [0, 0.1) is 11.8 Å². The molecule has 1 amide bonds. The summed E-state index contributed by atoms with van der Waals surface area (Å²) >= 11 is 0. The molecule has 30 heavy (non-hydrogen) atoms. The van der Waals surface area contributed by atoms with Crippen LogP contribution in [0.3, 0.4) is 0 Å². The fourth-order valence-electron chi connectivity index (χ4n) is 5.11. The molecule has 1 aliphatic carbocycles. The molecule has 162 valence electrons. The molecule has 5 nitrogen and oxygen atoms in total. The zero-order valence-corrected chi connectivity index (χ0v) is 18.7. The molecule has 0 bridgehead atoms. The van der Waals surface area contributed by atoms with E-state index >= 15 is 0 Å². The highest BCUT2D eigenvalue weighted by molar-refractivity contribution is 5.94. The molecule has 1 aromatic heterocycles. The van der Waals surface area contributed by atoms with E-state index < -0.39 is 0 Å². The number of carbonyl (C=O) groups is 1. The van der Waals surface area contributed by atoms with Crippen LogP contribution in [0.4, 0.5) is 0 Å². The van der Waals surface area contributed by atoms with Crippen LogP contribution in [0.5, 0.6) is 0 Å². The third kappa shape index (κ3) is 4.61. The lowest BCUT2D eigenvalue weighted by Gasteiger charge is -2.31. The van der Waals surface area contributed by atoms with Gasteiger partial charge in [0, 0.05) is 37.8 Å². The van der Waals surface area contributed by atoms with Gasteiger partial charge in [-0.1, -0.05) is 63.4 Å². The summed E-state index contributed by atoms with van der Waals surface area (Å²) < 4.78 is 2.27. The second-order valence-electron chi connectivity index (χ2n) is 9.54. The Morgan fingerprint density at radius 1 is 1.10 bits per heavy atom. The van der Waals surface area contributed by atoms with Crippen molar-refractivity contribution in [3.8, 4) is 11.4 Å². The van der Waals surface area contributed by atoms with Gasteiger partial charge in [0.15, 0.2) is 5.69 Å². The first kappa shape index (κ1) is 21.1.